The summed E-state index contributed by atoms with van der Waals surface area (Å²) < 4.78 is 7.23. The average molecular weight is 335 g/mol. The van der Waals surface area contributed by atoms with Crippen molar-refractivity contribution in [2.24, 2.45) is 0 Å². The SMILES string of the molecule is CCC(NC(=O)c1ccn(COc2ccccc2)n1)c1ccccc1. The Bertz CT molecular complexity index is 800. The van der Waals surface area contributed by atoms with Crippen LogP contribution in [0.4, 0.5) is 0 Å². The summed E-state index contributed by atoms with van der Waals surface area (Å²) in [4.78, 5) is 12.4. The lowest BCUT2D eigenvalue weighted by Gasteiger charge is -2.16. The third kappa shape index (κ3) is 4.47. The summed E-state index contributed by atoms with van der Waals surface area (Å²) in [6.07, 6.45) is 2.55. The summed E-state index contributed by atoms with van der Waals surface area (Å²) in [5, 5.41) is 7.32. The maximum atomic E-state index is 12.4. The molecule has 2 aromatic carbocycles. The van der Waals surface area contributed by atoms with E-state index in [1.807, 2.05) is 67.6 Å². The first-order valence-corrected chi connectivity index (χ1v) is 8.33. The number of hydrogen-bond donors (Lipinski definition) is 1. The molecule has 0 radical (unpaired) electrons. The fourth-order valence-electron chi connectivity index (χ4n) is 2.55. The molecule has 1 unspecified atom stereocenters. The van der Waals surface area contributed by atoms with Crippen molar-refractivity contribution < 1.29 is 9.53 Å². The monoisotopic (exact) mass is 335 g/mol. The number of para-hydroxylation sites is 1. The van der Waals surface area contributed by atoms with Crippen LogP contribution in [0.3, 0.4) is 0 Å². The van der Waals surface area contributed by atoms with Crippen molar-refractivity contribution in [3.05, 3.63) is 84.2 Å². The van der Waals surface area contributed by atoms with Crippen molar-refractivity contribution in [3.63, 3.8) is 0 Å². The van der Waals surface area contributed by atoms with Crippen LogP contribution in [0.2, 0.25) is 0 Å². The van der Waals surface area contributed by atoms with Crippen molar-refractivity contribution in [1.29, 1.82) is 0 Å². The van der Waals surface area contributed by atoms with Crippen LogP contribution in [0.5, 0.6) is 5.75 Å². The van der Waals surface area contributed by atoms with Crippen LogP contribution in [-0.2, 0) is 6.73 Å². The van der Waals surface area contributed by atoms with E-state index in [9.17, 15) is 4.79 Å². The zero-order valence-electron chi connectivity index (χ0n) is 14.1. The lowest BCUT2D eigenvalue weighted by Crippen LogP contribution is -2.28. The number of aromatic nitrogens is 2. The zero-order chi connectivity index (χ0) is 17.5. The number of hydrogen-bond acceptors (Lipinski definition) is 3. The second-order valence-electron chi connectivity index (χ2n) is 5.67. The molecule has 0 saturated carbocycles. The summed E-state index contributed by atoms with van der Waals surface area (Å²) in [6.45, 7) is 2.30. The van der Waals surface area contributed by atoms with E-state index >= 15 is 0 Å². The van der Waals surface area contributed by atoms with Crippen LogP contribution in [0.15, 0.2) is 72.9 Å². The molecule has 0 bridgehead atoms. The molecule has 0 spiro atoms. The smallest absolute Gasteiger partial charge is 0.272 e. The van der Waals surface area contributed by atoms with Crippen LogP contribution in [0.1, 0.15) is 35.4 Å². The van der Waals surface area contributed by atoms with Crippen LogP contribution in [0, 0.1) is 0 Å². The van der Waals surface area contributed by atoms with E-state index in [-0.39, 0.29) is 18.7 Å². The summed E-state index contributed by atoms with van der Waals surface area (Å²) in [5.41, 5.74) is 1.47. The van der Waals surface area contributed by atoms with Gasteiger partial charge < -0.3 is 10.1 Å². The summed E-state index contributed by atoms with van der Waals surface area (Å²) in [5.74, 6) is 0.577. The zero-order valence-corrected chi connectivity index (χ0v) is 14.1. The second-order valence-corrected chi connectivity index (χ2v) is 5.67. The van der Waals surface area contributed by atoms with E-state index in [1.165, 1.54) is 0 Å². The molecule has 3 rings (SSSR count). The molecule has 0 fully saturated rings. The molecule has 1 N–H and O–H groups in total. The molecule has 128 valence electrons. The van der Waals surface area contributed by atoms with Gasteiger partial charge in [-0.25, -0.2) is 4.68 Å². The van der Waals surface area contributed by atoms with E-state index in [0.717, 1.165) is 17.7 Å². The molecular weight excluding hydrogens is 314 g/mol. The Morgan fingerprint density at radius 2 is 1.76 bits per heavy atom. The molecule has 0 aliphatic heterocycles. The molecule has 5 nitrogen and oxygen atoms in total. The minimum absolute atomic E-state index is 0.0283. The average Bonchev–Trinajstić information content (AvgIpc) is 3.15. The molecule has 0 saturated heterocycles. The van der Waals surface area contributed by atoms with Crippen molar-refractivity contribution in [2.75, 3.05) is 0 Å². The molecule has 0 aliphatic rings. The van der Waals surface area contributed by atoms with Gasteiger partial charge in [-0.15, -0.1) is 0 Å². The molecule has 0 aliphatic carbocycles. The number of rotatable bonds is 7. The highest BCUT2D eigenvalue weighted by Gasteiger charge is 2.16. The molecular formula is C20H21N3O2. The fraction of sp³-hybridized carbons (Fsp3) is 0.200. The summed E-state index contributed by atoms with van der Waals surface area (Å²) in [7, 11) is 0. The maximum Gasteiger partial charge on any atom is 0.272 e. The molecule has 1 atom stereocenters. The van der Waals surface area contributed by atoms with Gasteiger partial charge in [-0.05, 0) is 30.2 Å². The lowest BCUT2D eigenvalue weighted by molar-refractivity contribution is 0.0928. The highest BCUT2D eigenvalue weighted by atomic mass is 16.5. The number of amides is 1. The normalized spacial score (nSPS) is 11.7. The van der Waals surface area contributed by atoms with E-state index in [0.29, 0.717) is 5.69 Å². The second kappa shape index (κ2) is 8.15. The molecule has 1 heterocycles. The Hall–Kier alpha value is -3.08. The summed E-state index contributed by atoms with van der Waals surface area (Å²) >= 11 is 0. The van der Waals surface area contributed by atoms with Gasteiger partial charge in [-0.2, -0.15) is 5.10 Å². The largest absolute Gasteiger partial charge is 0.471 e. The first-order chi connectivity index (χ1) is 12.3. The Kier molecular flexibility index (Phi) is 5.46. The van der Waals surface area contributed by atoms with Crippen molar-refractivity contribution in [2.45, 2.75) is 26.1 Å². The minimum atomic E-state index is -0.186. The maximum absolute atomic E-state index is 12.4. The molecule has 25 heavy (non-hydrogen) atoms. The topological polar surface area (TPSA) is 56.2 Å². The van der Waals surface area contributed by atoms with Crippen LogP contribution in [0.25, 0.3) is 0 Å². The van der Waals surface area contributed by atoms with Gasteiger partial charge in [-0.3, -0.25) is 4.79 Å². The highest BCUT2D eigenvalue weighted by Crippen LogP contribution is 2.16. The predicted molar refractivity (Wildman–Crippen MR) is 96.2 cm³/mol. The fourth-order valence-corrected chi connectivity index (χ4v) is 2.55. The first-order valence-electron chi connectivity index (χ1n) is 8.33. The Balaban J connectivity index is 1.60. The third-order valence-corrected chi connectivity index (χ3v) is 3.90. The van der Waals surface area contributed by atoms with Gasteiger partial charge in [0, 0.05) is 6.20 Å². The molecule has 3 aromatic rings. The first kappa shape index (κ1) is 16.8. The molecule has 1 aromatic heterocycles. The van der Waals surface area contributed by atoms with Crippen LogP contribution < -0.4 is 10.1 Å². The third-order valence-electron chi connectivity index (χ3n) is 3.90. The van der Waals surface area contributed by atoms with Gasteiger partial charge in [-0.1, -0.05) is 55.5 Å². The number of ether oxygens (including phenoxy) is 1. The standard InChI is InChI=1S/C20H21N3O2/c1-2-18(16-9-5-3-6-10-16)21-20(24)19-13-14-23(22-19)15-25-17-11-7-4-8-12-17/h3-14,18H,2,15H2,1H3,(H,21,24). The van der Waals surface area contributed by atoms with E-state index in [2.05, 4.69) is 10.4 Å². The van der Waals surface area contributed by atoms with E-state index in [4.69, 9.17) is 4.74 Å². The van der Waals surface area contributed by atoms with E-state index < -0.39 is 0 Å². The predicted octanol–water partition coefficient (Wildman–Crippen LogP) is 3.80. The van der Waals surface area contributed by atoms with Gasteiger partial charge in [0.15, 0.2) is 6.73 Å². The van der Waals surface area contributed by atoms with Crippen molar-refractivity contribution >= 4 is 5.91 Å². The van der Waals surface area contributed by atoms with Crippen LogP contribution >= 0.6 is 0 Å². The lowest BCUT2D eigenvalue weighted by atomic mass is 10.0. The van der Waals surface area contributed by atoms with Gasteiger partial charge in [0.05, 0.1) is 6.04 Å². The molecule has 1 amide bonds. The van der Waals surface area contributed by atoms with Gasteiger partial charge in [0.2, 0.25) is 0 Å². The minimum Gasteiger partial charge on any atom is -0.471 e. The van der Waals surface area contributed by atoms with Crippen molar-refractivity contribution in [3.8, 4) is 5.75 Å². The Labute approximate surface area is 147 Å². The number of nitrogens with one attached hydrogen (secondary N) is 1. The Morgan fingerprint density at radius 1 is 1.08 bits per heavy atom. The number of benzene rings is 2. The van der Waals surface area contributed by atoms with Gasteiger partial charge >= 0.3 is 0 Å². The van der Waals surface area contributed by atoms with E-state index in [1.54, 1.807) is 16.9 Å². The number of nitrogens with zero attached hydrogens (tertiary/aromatic N) is 2. The summed E-state index contributed by atoms with van der Waals surface area (Å²) in [6, 6.07) is 21.1. The number of carbonyl (C=O) groups is 1. The number of carbonyl (C=O) groups excluding carboxylic acids is 1. The van der Waals surface area contributed by atoms with Crippen LogP contribution in [-0.4, -0.2) is 15.7 Å². The molecule has 5 heteroatoms. The highest BCUT2D eigenvalue weighted by molar-refractivity contribution is 5.92. The van der Waals surface area contributed by atoms with Gasteiger partial charge in [0.1, 0.15) is 11.4 Å². The Morgan fingerprint density at radius 3 is 2.44 bits per heavy atom. The quantitative estimate of drug-likeness (QED) is 0.714. The van der Waals surface area contributed by atoms with Crippen molar-refractivity contribution in [1.82, 2.24) is 15.1 Å². The van der Waals surface area contributed by atoms with Gasteiger partial charge in [0.25, 0.3) is 5.91 Å².